The lowest BCUT2D eigenvalue weighted by Gasteiger charge is -2.18. The summed E-state index contributed by atoms with van der Waals surface area (Å²) in [6, 6.07) is 0. The van der Waals surface area contributed by atoms with Crippen LogP contribution in [0.15, 0.2) is 53.8 Å². The average molecular weight is 513 g/mol. The summed E-state index contributed by atoms with van der Waals surface area (Å²) in [5.74, 6) is 1.40. The minimum absolute atomic E-state index is 0.0965. The summed E-state index contributed by atoms with van der Waals surface area (Å²) >= 11 is 1.79. The van der Waals surface area contributed by atoms with Crippen molar-refractivity contribution in [3.8, 4) is 0 Å². The molecule has 0 bridgehead atoms. The number of allylic oxidation sites excluding steroid dienone is 4. The number of nitrogens with one attached hydrogen (secondary N) is 3. The van der Waals surface area contributed by atoms with Crippen LogP contribution in [0.3, 0.4) is 0 Å². The van der Waals surface area contributed by atoms with Crippen LogP contribution in [0.2, 0.25) is 0 Å². The van der Waals surface area contributed by atoms with E-state index in [1.165, 1.54) is 5.57 Å². The number of H-pyrrole nitrogens is 1. The molecule has 0 atom stereocenters. The van der Waals surface area contributed by atoms with Crippen LogP contribution in [0, 0.1) is 13.8 Å². The van der Waals surface area contributed by atoms with Gasteiger partial charge in [0.25, 0.3) is 11.8 Å². The lowest BCUT2D eigenvalue weighted by Crippen LogP contribution is -2.35. The molecular weight excluding hydrogens is 468 g/mol. The van der Waals surface area contributed by atoms with Crippen LogP contribution in [0.1, 0.15) is 61.9 Å². The Labute approximate surface area is 222 Å². The third-order valence-corrected chi connectivity index (χ3v) is 6.75. The first-order valence-corrected chi connectivity index (χ1v) is 13.8. The summed E-state index contributed by atoms with van der Waals surface area (Å²) in [6.45, 7) is 17.3. The highest BCUT2D eigenvalue weighted by Gasteiger charge is 2.18. The standard InChI is InChI=1S/C29H44N4O2S/c1-8-14-24(10-3)21-36-19-13-15-25(28(34)30-16-9-2)20-26-22(6)27(23(7)32-26)29(35)31-17-18-33(11-4)12-5/h8-10,13-16,20,32H,11-12,17-19,21H2,1-7H3,(H,30,34)(H,31,35)/b14-8-,15-13+,16-9+,24-10+,25-20-. The molecular formula is C29H44N4O2S. The Morgan fingerprint density at radius 3 is 2.39 bits per heavy atom. The van der Waals surface area contributed by atoms with Crippen molar-refractivity contribution in [2.24, 2.45) is 0 Å². The summed E-state index contributed by atoms with van der Waals surface area (Å²) in [7, 11) is 0. The van der Waals surface area contributed by atoms with Gasteiger partial charge in [0.05, 0.1) is 5.56 Å². The van der Waals surface area contributed by atoms with E-state index in [4.69, 9.17) is 0 Å². The van der Waals surface area contributed by atoms with Crippen LogP contribution >= 0.6 is 11.8 Å². The van der Waals surface area contributed by atoms with Gasteiger partial charge < -0.3 is 20.5 Å². The van der Waals surface area contributed by atoms with Crippen LogP contribution in [0.25, 0.3) is 6.08 Å². The fourth-order valence-electron chi connectivity index (χ4n) is 3.66. The zero-order valence-corrected chi connectivity index (χ0v) is 23.8. The predicted octanol–water partition coefficient (Wildman–Crippen LogP) is 5.55. The normalized spacial score (nSPS) is 13.0. The molecule has 6 nitrogen and oxygen atoms in total. The topological polar surface area (TPSA) is 77.2 Å². The summed E-state index contributed by atoms with van der Waals surface area (Å²) < 4.78 is 0. The van der Waals surface area contributed by atoms with E-state index in [-0.39, 0.29) is 11.8 Å². The van der Waals surface area contributed by atoms with Crippen LogP contribution in [-0.4, -0.2) is 59.4 Å². The van der Waals surface area contributed by atoms with E-state index in [2.05, 4.69) is 46.5 Å². The molecule has 0 saturated heterocycles. The number of hydrogen-bond donors (Lipinski definition) is 3. The summed E-state index contributed by atoms with van der Waals surface area (Å²) in [5.41, 5.74) is 4.81. The van der Waals surface area contributed by atoms with Gasteiger partial charge in [-0.15, -0.1) is 0 Å². The van der Waals surface area contributed by atoms with Crippen molar-refractivity contribution in [2.45, 2.75) is 48.5 Å². The number of aromatic nitrogens is 1. The molecule has 1 rings (SSSR count). The van der Waals surface area contributed by atoms with Gasteiger partial charge in [0.15, 0.2) is 0 Å². The molecule has 1 heterocycles. The van der Waals surface area contributed by atoms with E-state index in [1.54, 1.807) is 24.0 Å². The quantitative estimate of drug-likeness (QED) is 0.164. The van der Waals surface area contributed by atoms with E-state index < -0.39 is 0 Å². The Balaban J connectivity index is 3.05. The summed E-state index contributed by atoms with van der Waals surface area (Å²) in [5, 5.41) is 5.82. The largest absolute Gasteiger partial charge is 0.358 e. The fraction of sp³-hybridized carbons (Fsp3) is 0.448. The lowest BCUT2D eigenvalue weighted by atomic mass is 10.1. The number of aromatic amines is 1. The molecule has 1 aromatic heterocycles. The number of carbonyl (C=O) groups excluding carboxylic acids is 2. The van der Waals surface area contributed by atoms with Crippen molar-refractivity contribution in [3.63, 3.8) is 0 Å². The molecule has 36 heavy (non-hydrogen) atoms. The van der Waals surface area contributed by atoms with Crippen LogP contribution in [0.5, 0.6) is 0 Å². The highest BCUT2D eigenvalue weighted by molar-refractivity contribution is 7.99. The van der Waals surface area contributed by atoms with E-state index in [0.717, 1.165) is 48.1 Å². The third kappa shape index (κ3) is 10.5. The minimum Gasteiger partial charge on any atom is -0.358 e. The average Bonchev–Trinajstić information content (AvgIpc) is 3.15. The molecule has 0 aliphatic rings. The van der Waals surface area contributed by atoms with Gasteiger partial charge in [0, 0.05) is 41.6 Å². The number of nitrogens with zero attached hydrogens (tertiary/aromatic N) is 1. The Hall–Kier alpha value is -2.77. The highest BCUT2D eigenvalue weighted by Crippen LogP contribution is 2.21. The first kappa shape index (κ1) is 31.3. The zero-order valence-electron chi connectivity index (χ0n) is 23.0. The van der Waals surface area contributed by atoms with Gasteiger partial charge in [-0.3, -0.25) is 9.59 Å². The Morgan fingerprint density at radius 1 is 1.06 bits per heavy atom. The van der Waals surface area contributed by atoms with E-state index in [0.29, 0.717) is 17.7 Å². The van der Waals surface area contributed by atoms with Crippen molar-refractivity contribution < 1.29 is 9.59 Å². The molecule has 7 heteroatoms. The number of aryl methyl sites for hydroxylation is 1. The van der Waals surface area contributed by atoms with E-state index >= 15 is 0 Å². The van der Waals surface area contributed by atoms with Crippen LogP contribution in [0.4, 0.5) is 0 Å². The van der Waals surface area contributed by atoms with Gasteiger partial charge in [-0.1, -0.05) is 50.3 Å². The van der Waals surface area contributed by atoms with E-state index in [9.17, 15) is 9.59 Å². The molecule has 0 aromatic carbocycles. The molecule has 0 fully saturated rings. The van der Waals surface area contributed by atoms with Gasteiger partial charge >= 0.3 is 0 Å². The van der Waals surface area contributed by atoms with Crippen LogP contribution in [-0.2, 0) is 4.79 Å². The summed E-state index contributed by atoms with van der Waals surface area (Å²) in [4.78, 5) is 31.3. The Morgan fingerprint density at radius 2 is 1.78 bits per heavy atom. The van der Waals surface area contributed by atoms with Crippen molar-refractivity contribution in [3.05, 3.63) is 76.3 Å². The van der Waals surface area contributed by atoms with Crippen molar-refractivity contribution >= 4 is 29.7 Å². The predicted molar refractivity (Wildman–Crippen MR) is 156 cm³/mol. The maximum absolute atomic E-state index is 12.9. The molecule has 0 saturated carbocycles. The fourth-order valence-corrected chi connectivity index (χ4v) is 4.51. The molecule has 1 aromatic rings. The number of thioether (sulfide) groups is 1. The number of amides is 2. The van der Waals surface area contributed by atoms with Gasteiger partial charge in [-0.25, -0.2) is 0 Å². The molecule has 0 spiro atoms. The molecule has 198 valence electrons. The third-order valence-electron chi connectivity index (χ3n) is 5.79. The lowest BCUT2D eigenvalue weighted by molar-refractivity contribution is -0.116. The van der Waals surface area contributed by atoms with Crippen molar-refractivity contribution in [1.29, 1.82) is 0 Å². The number of rotatable bonds is 15. The van der Waals surface area contributed by atoms with Crippen molar-refractivity contribution in [1.82, 2.24) is 20.5 Å². The molecule has 0 aliphatic carbocycles. The smallest absolute Gasteiger partial charge is 0.255 e. The number of hydrogen-bond acceptors (Lipinski definition) is 4. The van der Waals surface area contributed by atoms with E-state index in [1.807, 2.05) is 58.9 Å². The number of likely N-dealkylation sites (N-methyl/N-ethyl adjacent to an activating group) is 1. The second-order valence-electron chi connectivity index (χ2n) is 8.30. The SMILES string of the molecule is C/C=C\C(=C/C)CSC/C=C/C(=C/c1[nH]c(C)c(C(=O)NCCN(CC)CC)c1C)C(=O)N/C=C/C. The number of carbonyl (C=O) groups is 2. The van der Waals surface area contributed by atoms with Crippen LogP contribution < -0.4 is 10.6 Å². The second kappa shape index (κ2) is 17.6. The molecule has 0 unspecified atom stereocenters. The Kier molecular flexibility index (Phi) is 15.3. The molecule has 2 amide bonds. The van der Waals surface area contributed by atoms with Gasteiger partial charge in [0.1, 0.15) is 0 Å². The summed E-state index contributed by atoms with van der Waals surface area (Å²) in [6.07, 6.45) is 15.3. The second-order valence-corrected chi connectivity index (χ2v) is 9.33. The first-order chi connectivity index (χ1) is 17.3. The van der Waals surface area contributed by atoms with Gasteiger partial charge in [-0.05, 0) is 71.1 Å². The minimum atomic E-state index is -0.200. The monoisotopic (exact) mass is 512 g/mol. The maximum Gasteiger partial charge on any atom is 0.255 e. The van der Waals surface area contributed by atoms with Crippen molar-refractivity contribution in [2.75, 3.05) is 37.7 Å². The maximum atomic E-state index is 12.9. The van der Waals surface area contributed by atoms with Gasteiger partial charge in [0.2, 0.25) is 0 Å². The highest BCUT2D eigenvalue weighted by atomic mass is 32.2. The molecule has 3 N–H and O–H groups in total. The zero-order chi connectivity index (χ0) is 26.9. The molecule has 0 radical (unpaired) electrons. The molecule has 0 aliphatic heterocycles. The first-order valence-electron chi connectivity index (χ1n) is 12.7. The Bertz CT molecular complexity index is 995. The van der Waals surface area contributed by atoms with Gasteiger partial charge in [-0.2, -0.15) is 11.8 Å².